The minimum atomic E-state index is 0.182. The van der Waals surface area contributed by atoms with Crippen molar-refractivity contribution >= 4 is 11.8 Å². The number of nitrogens with zero attached hydrogens (tertiary/aromatic N) is 2. The highest BCUT2D eigenvalue weighted by atomic mass is 32.2. The van der Waals surface area contributed by atoms with Crippen LogP contribution in [0, 0.1) is 0 Å². The van der Waals surface area contributed by atoms with Gasteiger partial charge in [0.15, 0.2) is 5.16 Å². The predicted molar refractivity (Wildman–Crippen MR) is 85.0 cm³/mol. The highest BCUT2D eigenvalue weighted by Gasteiger charge is 2.22. The van der Waals surface area contributed by atoms with Gasteiger partial charge in [0.1, 0.15) is 0 Å². The van der Waals surface area contributed by atoms with Crippen LogP contribution in [0.2, 0.25) is 0 Å². The Labute approximate surface area is 124 Å². The Morgan fingerprint density at radius 1 is 1.25 bits per heavy atom. The fraction of sp³-hybridized carbons (Fsp3) is 0.438. The predicted octanol–water partition coefficient (Wildman–Crippen LogP) is 3.41. The zero-order valence-corrected chi connectivity index (χ0v) is 13.1. The highest BCUT2D eigenvalue weighted by Crippen LogP contribution is 2.33. The summed E-state index contributed by atoms with van der Waals surface area (Å²) in [6, 6.07) is 8.74. The maximum absolute atomic E-state index is 5.93. The first-order valence-corrected chi connectivity index (χ1v) is 8.02. The van der Waals surface area contributed by atoms with Gasteiger partial charge in [0.05, 0.1) is 11.4 Å². The van der Waals surface area contributed by atoms with E-state index in [4.69, 9.17) is 10.7 Å². The van der Waals surface area contributed by atoms with Gasteiger partial charge in [0.25, 0.3) is 0 Å². The van der Waals surface area contributed by atoms with Crippen LogP contribution in [0.1, 0.15) is 32.0 Å². The Kier molecular flexibility index (Phi) is 3.38. The van der Waals surface area contributed by atoms with E-state index in [0.29, 0.717) is 6.54 Å². The van der Waals surface area contributed by atoms with Crippen LogP contribution in [-0.4, -0.2) is 15.3 Å². The number of hydrogen-bond donors (Lipinski definition) is 1. The first-order valence-electron chi connectivity index (χ1n) is 7.04. The number of hydrogen-bond acceptors (Lipinski definition) is 3. The van der Waals surface area contributed by atoms with Crippen molar-refractivity contribution in [1.82, 2.24) is 9.55 Å². The molecule has 0 atom stereocenters. The summed E-state index contributed by atoms with van der Waals surface area (Å²) < 4.78 is 2.26. The monoisotopic (exact) mass is 287 g/mol. The SMILES string of the molecule is CC(C)(C)c1ccc(-c2nc3n(c2CN)CCS3)cc1. The van der Waals surface area contributed by atoms with Crippen LogP contribution in [0.15, 0.2) is 29.4 Å². The average molecular weight is 287 g/mol. The minimum absolute atomic E-state index is 0.182. The normalized spacial score (nSPS) is 14.6. The Balaban J connectivity index is 2.02. The third-order valence-electron chi connectivity index (χ3n) is 3.80. The van der Waals surface area contributed by atoms with E-state index in [1.54, 1.807) is 0 Å². The smallest absolute Gasteiger partial charge is 0.168 e. The Morgan fingerprint density at radius 2 is 1.95 bits per heavy atom. The van der Waals surface area contributed by atoms with Gasteiger partial charge in [-0.25, -0.2) is 4.98 Å². The molecule has 0 saturated carbocycles. The number of thioether (sulfide) groups is 1. The van der Waals surface area contributed by atoms with Gasteiger partial charge in [-0.1, -0.05) is 56.8 Å². The van der Waals surface area contributed by atoms with Crippen molar-refractivity contribution in [2.75, 3.05) is 5.75 Å². The molecular weight excluding hydrogens is 266 g/mol. The van der Waals surface area contributed by atoms with Crippen LogP contribution >= 0.6 is 11.8 Å². The van der Waals surface area contributed by atoms with Crippen molar-refractivity contribution < 1.29 is 0 Å². The molecule has 2 N–H and O–H groups in total. The molecule has 0 radical (unpaired) electrons. The lowest BCUT2D eigenvalue weighted by Crippen LogP contribution is -2.10. The summed E-state index contributed by atoms with van der Waals surface area (Å²) in [7, 11) is 0. The number of fused-ring (bicyclic) bond motifs is 1. The van der Waals surface area contributed by atoms with Gasteiger partial charge in [-0.2, -0.15) is 0 Å². The van der Waals surface area contributed by atoms with E-state index in [2.05, 4.69) is 49.6 Å². The molecule has 0 spiro atoms. The summed E-state index contributed by atoms with van der Waals surface area (Å²) in [6.07, 6.45) is 0. The van der Waals surface area contributed by atoms with Crippen LogP contribution in [0.3, 0.4) is 0 Å². The lowest BCUT2D eigenvalue weighted by molar-refractivity contribution is 0.590. The molecule has 1 aliphatic rings. The second-order valence-electron chi connectivity index (χ2n) is 6.22. The number of nitrogens with two attached hydrogens (primary N) is 1. The van der Waals surface area contributed by atoms with E-state index >= 15 is 0 Å². The fourth-order valence-corrected chi connectivity index (χ4v) is 3.57. The van der Waals surface area contributed by atoms with Crippen LogP contribution in [0.25, 0.3) is 11.3 Å². The standard InChI is InChI=1S/C16H21N3S/c1-16(2,3)12-6-4-11(5-7-12)14-13(10-17)19-8-9-20-15(19)18-14/h4-7H,8-10,17H2,1-3H3. The van der Waals surface area contributed by atoms with E-state index in [-0.39, 0.29) is 5.41 Å². The molecule has 0 saturated heterocycles. The van der Waals surface area contributed by atoms with E-state index in [1.807, 2.05) is 11.8 Å². The zero-order valence-electron chi connectivity index (χ0n) is 12.3. The third kappa shape index (κ3) is 2.27. The molecule has 2 heterocycles. The summed E-state index contributed by atoms with van der Waals surface area (Å²) in [6.45, 7) is 8.27. The lowest BCUT2D eigenvalue weighted by Gasteiger charge is -2.19. The van der Waals surface area contributed by atoms with Gasteiger partial charge >= 0.3 is 0 Å². The second kappa shape index (κ2) is 4.93. The summed E-state index contributed by atoms with van der Waals surface area (Å²) in [5.41, 5.74) is 10.8. The van der Waals surface area contributed by atoms with E-state index in [0.717, 1.165) is 28.8 Å². The van der Waals surface area contributed by atoms with E-state index in [1.165, 1.54) is 11.1 Å². The van der Waals surface area contributed by atoms with Crippen LogP contribution in [0.4, 0.5) is 0 Å². The molecule has 20 heavy (non-hydrogen) atoms. The summed E-state index contributed by atoms with van der Waals surface area (Å²) in [5.74, 6) is 1.11. The van der Waals surface area contributed by atoms with E-state index < -0.39 is 0 Å². The Bertz CT molecular complexity index is 620. The number of benzene rings is 1. The largest absolute Gasteiger partial charge is 0.325 e. The van der Waals surface area contributed by atoms with E-state index in [9.17, 15) is 0 Å². The van der Waals surface area contributed by atoms with Crippen molar-refractivity contribution in [3.63, 3.8) is 0 Å². The van der Waals surface area contributed by atoms with Gasteiger partial charge in [-0.3, -0.25) is 0 Å². The van der Waals surface area contributed by atoms with Gasteiger partial charge in [0, 0.05) is 24.4 Å². The molecule has 0 aliphatic carbocycles. The molecule has 1 aromatic heterocycles. The molecule has 0 amide bonds. The maximum atomic E-state index is 5.93. The second-order valence-corrected chi connectivity index (χ2v) is 7.28. The third-order valence-corrected chi connectivity index (χ3v) is 4.76. The number of imidazole rings is 1. The fourth-order valence-electron chi connectivity index (χ4n) is 2.60. The van der Waals surface area contributed by atoms with Crippen LogP contribution in [-0.2, 0) is 18.5 Å². The lowest BCUT2D eigenvalue weighted by atomic mass is 9.86. The molecule has 1 aliphatic heterocycles. The minimum Gasteiger partial charge on any atom is -0.325 e. The Hall–Kier alpha value is -1.26. The van der Waals surface area contributed by atoms with Crippen LogP contribution < -0.4 is 5.73 Å². The topological polar surface area (TPSA) is 43.8 Å². The molecule has 0 unspecified atom stereocenters. The molecule has 1 aromatic carbocycles. The summed E-state index contributed by atoms with van der Waals surface area (Å²) >= 11 is 1.82. The molecule has 3 nitrogen and oxygen atoms in total. The summed E-state index contributed by atoms with van der Waals surface area (Å²) in [4.78, 5) is 4.77. The van der Waals surface area contributed by atoms with Gasteiger partial charge < -0.3 is 10.3 Å². The molecule has 4 heteroatoms. The van der Waals surface area contributed by atoms with Gasteiger partial charge in [-0.15, -0.1) is 0 Å². The van der Waals surface area contributed by atoms with Crippen molar-refractivity contribution in [2.24, 2.45) is 5.73 Å². The van der Waals surface area contributed by atoms with Gasteiger partial charge in [-0.05, 0) is 11.0 Å². The number of aromatic nitrogens is 2. The van der Waals surface area contributed by atoms with Crippen LogP contribution in [0.5, 0.6) is 0 Å². The maximum Gasteiger partial charge on any atom is 0.168 e. The first kappa shape index (κ1) is 13.7. The molecule has 3 rings (SSSR count). The number of rotatable bonds is 2. The van der Waals surface area contributed by atoms with Crippen molar-refractivity contribution in [2.45, 2.75) is 44.4 Å². The molecule has 0 fully saturated rings. The first-order chi connectivity index (χ1) is 9.50. The van der Waals surface area contributed by atoms with Gasteiger partial charge in [0.2, 0.25) is 0 Å². The van der Waals surface area contributed by atoms with Crippen molar-refractivity contribution in [1.29, 1.82) is 0 Å². The van der Waals surface area contributed by atoms with Crippen molar-refractivity contribution in [3.8, 4) is 11.3 Å². The van der Waals surface area contributed by atoms with Crippen molar-refractivity contribution in [3.05, 3.63) is 35.5 Å². The molecule has 106 valence electrons. The quantitative estimate of drug-likeness (QED) is 0.920. The average Bonchev–Trinajstić information content (AvgIpc) is 2.97. The molecule has 0 bridgehead atoms. The molecule has 2 aromatic rings. The molecular formula is C16H21N3S. The highest BCUT2D eigenvalue weighted by molar-refractivity contribution is 7.99. The zero-order chi connectivity index (χ0) is 14.3. The summed E-state index contributed by atoms with van der Waals surface area (Å²) in [5, 5.41) is 1.11. The Morgan fingerprint density at radius 3 is 2.55 bits per heavy atom.